The summed E-state index contributed by atoms with van der Waals surface area (Å²) in [5, 5.41) is 3.68. The second kappa shape index (κ2) is 18.0. The number of alkyl halides is 1. The van der Waals surface area contributed by atoms with Crippen LogP contribution in [0.2, 0.25) is 0 Å². The summed E-state index contributed by atoms with van der Waals surface area (Å²) in [5.41, 5.74) is 0. The number of nitrogens with one attached hydrogen (secondary N) is 1. The lowest BCUT2D eigenvalue weighted by atomic mass is 10.6. The second-order valence-electron chi connectivity index (χ2n) is 2.86. The molecule has 0 spiro atoms. The van der Waals surface area contributed by atoms with Crippen LogP contribution in [-0.4, -0.2) is 44.7 Å². The summed E-state index contributed by atoms with van der Waals surface area (Å²) in [5.74, 6) is 5.59. The van der Waals surface area contributed by atoms with E-state index in [1.165, 1.54) is 0 Å². The monoisotopic (exact) mass is 307 g/mol. The van der Waals surface area contributed by atoms with Crippen molar-refractivity contribution in [2.45, 2.75) is 26.6 Å². The molecule has 1 fully saturated rings. The predicted molar refractivity (Wildman–Crippen MR) is 73.2 cm³/mol. The van der Waals surface area contributed by atoms with Gasteiger partial charge in [0, 0.05) is 6.42 Å². The van der Waals surface area contributed by atoms with Crippen LogP contribution in [0.4, 0.5) is 0 Å². The Kier molecular flexibility index (Phi) is 20.0. The molecule has 1 saturated heterocycles. The molecule has 1 aliphatic heterocycles. The molecule has 0 aromatic rings. The van der Waals surface area contributed by atoms with Crippen molar-refractivity contribution in [3.05, 3.63) is 0 Å². The van der Waals surface area contributed by atoms with Gasteiger partial charge < -0.3 is 19.6 Å². The van der Waals surface area contributed by atoms with E-state index < -0.39 is 0 Å². The van der Waals surface area contributed by atoms with E-state index in [9.17, 15) is 4.79 Å². The molecule has 17 heavy (non-hydrogen) atoms. The fourth-order valence-electron chi connectivity index (χ4n) is 0.673. The van der Waals surface area contributed by atoms with E-state index in [-0.39, 0.29) is 6.29 Å². The number of hydrogen-bond acceptors (Lipinski definition) is 4. The molecule has 4 nitrogen and oxygen atoms in total. The van der Waals surface area contributed by atoms with Gasteiger partial charge in [-0.15, -0.1) is 5.92 Å². The van der Waals surface area contributed by atoms with E-state index in [2.05, 4.69) is 33.1 Å². The minimum Gasteiger partial charge on any atom is -0.349 e. The molecule has 0 atom stereocenters. The van der Waals surface area contributed by atoms with Gasteiger partial charge in [-0.1, -0.05) is 28.8 Å². The Balaban J connectivity index is 0. The number of ether oxygens (including phenoxy) is 2. The molecule has 0 amide bonds. The van der Waals surface area contributed by atoms with Crippen LogP contribution in [0.1, 0.15) is 20.3 Å². The van der Waals surface area contributed by atoms with Crippen molar-refractivity contribution >= 4 is 22.2 Å². The van der Waals surface area contributed by atoms with E-state index in [1.807, 2.05) is 20.9 Å². The molecule has 100 valence electrons. The zero-order valence-corrected chi connectivity index (χ0v) is 12.4. The zero-order chi connectivity index (χ0) is 13.4. The Bertz CT molecular complexity index is 208. The van der Waals surface area contributed by atoms with E-state index in [4.69, 9.17) is 9.47 Å². The summed E-state index contributed by atoms with van der Waals surface area (Å²) in [7, 11) is 1.88. The molecule has 0 aliphatic carbocycles. The molecule has 0 bridgehead atoms. The standard InChI is InChI=1S/C5H9N.C4H7BrO2.C3H6O/c1-3-4-5-6-2;5-3-4-6-1-2-7-4;1-2-3-4/h6H,5H2,1-2H3;4H,1-3H2;3H,2H2,1H3. The fourth-order valence-corrected chi connectivity index (χ4v) is 1.05. The van der Waals surface area contributed by atoms with Crippen molar-refractivity contribution in [1.82, 2.24) is 5.32 Å². The SMILES string of the molecule is BrCC1OCCO1.CC#CCNC.CCC=O. The highest BCUT2D eigenvalue weighted by Crippen LogP contribution is 2.04. The molecule has 1 N–H and O–H groups in total. The molecule has 1 rings (SSSR count). The van der Waals surface area contributed by atoms with Gasteiger partial charge in [-0.05, 0) is 14.0 Å². The lowest BCUT2D eigenvalue weighted by Gasteiger charge is -2.00. The van der Waals surface area contributed by atoms with Gasteiger partial charge in [0.05, 0.1) is 25.1 Å². The van der Waals surface area contributed by atoms with Crippen molar-refractivity contribution in [1.29, 1.82) is 0 Å². The topological polar surface area (TPSA) is 47.6 Å². The first-order valence-electron chi connectivity index (χ1n) is 5.53. The van der Waals surface area contributed by atoms with Gasteiger partial charge >= 0.3 is 0 Å². The first-order valence-corrected chi connectivity index (χ1v) is 6.65. The number of halogens is 1. The second-order valence-corrected chi connectivity index (χ2v) is 3.50. The van der Waals surface area contributed by atoms with E-state index in [0.29, 0.717) is 6.42 Å². The van der Waals surface area contributed by atoms with Crippen LogP contribution in [0.15, 0.2) is 0 Å². The summed E-state index contributed by atoms with van der Waals surface area (Å²) in [6.45, 7) is 5.94. The van der Waals surface area contributed by atoms with Crippen LogP contribution < -0.4 is 5.32 Å². The maximum atomic E-state index is 9.17. The van der Waals surface area contributed by atoms with Crippen LogP contribution in [0.3, 0.4) is 0 Å². The van der Waals surface area contributed by atoms with Gasteiger partial charge in [0.1, 0.15) is 6.29 Å². The molecular formula is C12H22BrNO3. The highest BCUT2D eigenvalue weighted by atomic mass is 79.9. The largest absolute Gasteiger partial charge is 0.349 e. The molecule has 0 aromatic heterocycles. The summed E-state index contributed by atoms with van der Waals surface area (Å²) in [4.78, 5) is 9.17. The quantitative estimate of drug-likeness (QED) is 0.488. The van der Waals surface area contributed by atoms with Crippen LogP contribution in [0.25, 0.3) is 0 Å². The third-order valence-electron chi connectivity index (χ3n) is 1.43. The van der Waals surface area contributed by atoms with E-state index >= 15 is 0 Å². The van der Waals surface area contributed by atoms with Gasteiger partial charge in [-0.2, -0.15) is 0 Å². The highest BCUT2D eigenvalue weighted by Gasteiger charge is 2.12. The van der Waals surface area contributed by atoms with Crippen molar-refractivity contribution in [2.24, 2.45) is 0 Å². The van der Waals surface area contributed by atoms with Crippen molar-refractivity contribution < 1.29 is 14.3 Å². The summed E-state index contributed by atoms with van der Waals surface area (Å²) in [6.07, 6.45) is 1.53. The smallest absolute Gasteiger partial charge is 0.167 e. The molecule has 5 heteroatoms. The molecule has 0 saturated carbocycles. The Morgan fingerprint density at radius 1 is 1.47 bits per heavy atom. The third-order valence-corrected chi connectivity index (χ3v) is 1.95. The summed E-state index contributed by atoms with van der Waals surface area (Å²) < 4.78 is 10.1. The molecule has 1 aliphatic rings. The first kappa shape index (κ1) is 18.9. The van der Waals surface area contributed by atoms with Crippen molar-refractivity contribution in [3.8, 4) is 11.8 Å². The Morgan fingerprint density at radius 2 is 2.00 bits per heavy atom. The van der Waals surface area contributed by atoms with Crippen LogP contribution in [0, 0.1) is 11.8 Å². The van der Waals surface area contributed by atoms with Gasteiger partial charge in [-0.25, -0.2) is 0 Å². The fraction of sp³-hybridized carbons (Fsp3) is 0.750. The number of rotatable bonds is 3. The zero-order valence-electron chi connectivity index (χ0n) is 10.8. The average molecular weight is 308 g/mol. The Labute approximate surface area is 113 Å². The van der Waals surface area contributed by atoms with Gasteiger partial charge in [0.2, 0.25) is 0 Å². The van der Waals surface area contributed by atoms with Crippen LogP contribution in [-0.2, 0) is 14.3 Å². The van der Waals surface area contributed by atoms with Crippen LogP contribution in [0.5, 0.6) is 0 Å². The van der Waals surface area contributed by atoms with Crippen molar-refractivity contribution in [2.75, 3.05) is 32.1 Å². The Hall–Kier alpha value is -0.410. The molecule has 0 radical (unpaired) electrons. The first-order chi connectivity index (χ1) is 8.26. The van der Waals surface area contributed by atoms with Crippen molar-refractivity contribution in [3.63, 3.8) is 0 Å². The number of carbonyl (C=O) groups is 1. The maximum absolute atomic E-state index is 9.17. The predicted octanol–water partition coefficient (Wildman–Crippen LogP) is 1.58. The summed E-state index contributed by atoms with van der Waals surface area (Å²) in [6, 6.07) is 0. The highest BCUT2D eigenvalue weighted by molar-refractivity contribution is 9.09. The van der Waals surface area contributed by atoms with E-state index in [0.717, 1.165) is 31.4 Å². The summed E-state index contributed by atoms with van der Waals surface area (Å²) >= 11 is 3.23. The van der Waals surface area contributed by atoms with Gasteiger partial charge in [0.15, 0.2) is 6.29 Å². The third kappa shape index (κ3) is 18.2. The Morgan fingerprint density at radius 3 is 2.18 bits per heavy atom. The van der Waals surface area contributed by atoms with E-state index in [1.54, 1.807) is 0 Å². The molecular weight excluding hydrogens is 286 g/mol. The number of aldehydes is 1. The number of carbonyl (C=O) groups excluding carboxylic acids is 1. The molecule has 1 heterocycles. The lowest BCUT2D eigenvalue weighted by Crippen LogP contribution is -2.07. The minimum atomic E-state index is 0.0139. The normalized spacial score (nSPS) is 13.4. The van der Waals surface area contributed by atoms with Crippen LogP contribution >= 0.6 is 15.9 Å². The van der Waals surface area contributed by atoms with Gasteiger partial charge in [0.25, 0.3) is 0 Å². The minimum absolute atomic E-state index is 0.0139. The number of hydrogen-bond donors (Lipinski definition) is 1. The maximum Gasteiger partial charge on any atom is 0.167 e. The average Bonchev–Trinajstić information content (AvgIpc) is 2.90. The molecule has 0 unspecified atom stereocenters. The van der Waals surface area contributed by atoms with Gasteiger partial charge in [-0.3, -0.25) is 0 Å². The molecule has 0 aromatic carbocycles. The lowest BCUT2D eigenvalue weighted by molar-refractivity contribution is -0.107.